The van der Waals surface area contributed by atoms with Crippen molar-refractivity contribution in [3.05, 3.63) is 79.6 Å². The molecule has 0 aliphatic carbocycles. The molecule has 1 atom stereocenters. The summed E-state index contributed by atoms with van der Waals surface area (Å²) in [7, 11) is 0. The molecule has 2 aromatic carbocycles. The van der Waals surface area contributed by atoms with Crippen LogP contribution in [0.1, 0.15) is 29.7 Å². The van der Waals surface area contributed by atoms with Crippen LogP contribution in [0.4, 0.5) is 5.69 Å². The molecule has 2 heterocycles. The number of nitrogens with zero attached hydrogens (tertiary/aromatic N) is 2. The van der Waals surface area contributed by atoms with E-state index in [4.69, 9.17) is 0 Å². The minimum atomic E-state index is -0.706. The largest absolute Gasteiger partial charge is 0.324 e. The first kappa shape index (κ1) is 21.5. The number of anilines is 1. The van der Waals surface area contributed by atoms with Crippen molar-refractivity contribution in [2.75, 3.05) is 5.32 Å². The molecule has 2 aromatic heterocycles. The van der Waals surface area contributed by atoms with Crippen LogP contribution in [0.5, 0.6) is 0 Å². The number of nitrogens with one attached hydrogen (secondary N) is 1. The average molecular weight is 496 g/mol. The van der Waals surface area contributed by atoms with Gasteiger partial charge in [-0.15, -0.1) is 11.3 Å². The first-order valence-corrected chi connectivity index (χ1v) is 11.6. The number of hydrogen-bond acceptors (Lipinski definition) is 4. The highest BCUT2D eigenvalue weighted by Crippen LogP contribution is 2.31. The molecule has 4 aromatic rings. The third-order valence-corrected chi connectivity index (χ3v) is 6.81. The molecular weight excluding hydrogens is 474 g/mol. The summed E-state index contributed by atoms with van der Waals surface area (Å²) in [4.78, 5) is 31.5. The number of halogens is 1. The summed E-state index contributed by atoms with van der Waals surface area (Å²) >= 11 is 4.87. The number of carbonyl (C=O) groups excluding carboxylic acids is 1. The summed E-state index contributed by atoms with van der Waals surface area (Å²) in [5.74, 6) is -0.251. The van der Waals surface area contributed by atoms with Gasteiger partial charge in [0.25, 0.3) is 5.56 Å². The van der Waals surface area contributed by atoms with E-state index < -0.39 is 6.04 Å². The molecule has 4 rings (SSSR count). The Morgan fingerprint density at radius 1 is 1.13 bits per heavy atom. The monoisotopic (exact) mass is 495 g/mol. The Kier molecular flexibility index (Phi) is 5.81. The highest BCUT2D eigenvalue weighted by molar-refractivity contribution is 9.10. The number of benzene rings is 2. The van der Waals surface area contributed by atoms with Gasteiger partial charge in [-0.3, -0.25) is 14.2 Å². The van der Waals surface area contributed by atoms with Gasteiger partial charge in [0.15, 0.2) is 0 Å². The van der Waals surface area contributed by atoms with Gasteiger partial charge in [-0.05, 0) is 56.5 Å². The first-order valence-electron chi connectivity index (χ1n) is 9.89. The smallest absolute Gasteiger partial charge is 0.263 e. The highest BCUT2D eigenvalue weighted by atomic mass is 79.9. The van der Waals surface area contributed by atoms with Gasteiger partial charge in [0, 0.05) is 21.1 Å². The molecule has 0 bridgehead atoms. The predicted octanol–water partition coefficient (Wildman–Crippen LogP) is 6.01. The summed E-state index contributed by atoms with van der Waals surface area (Å²) in [6, 6.07) is 11.2. The van der Waals surface area contributed by atoms with Crippen molar-refractivity contribution in [3.8, 4) is 11.1 Å². The predicted molar refractivity (Wildman–Crippen MR) is 131 cm³/mol. The molecule has 7 heteroatoms. The van der Waals surface area contributed by atoms with Crippen molar-refractivity contribution in [1.82, 2.24) is 9.55 Å². The highest BCUT2D eigenvalue weighted by Gasteiger charge is 2.21. The van der Waals surface area contributed by atoms with Crippen molar-refractivity contribution in [1.29, 1.82) is 0 Å². The number of amides is 1. The number of aromatic nitrogens is 2. The maximum atomic E-state index is 13.4. The number of carbonyl (C=O) groups is 1. The van der Waals surface area contributed by atoms with Crippen molar-refractivity contribution in [3.63, 3.8) is 0 Å². The van der Waals surface area contributed by atoms with Gasteiger partial charge in [-0.25, -0.2) is 4.98 Å². The summed E-state index contributed by atoms with van der Waals surface area (Å²) < 4.78 is 2.38. The van der Waals surface area contributed by atoms with E-state index in [1.165, 1.54) is 22.2 Å². The molecule has 1 N–H and O–H groups in total. The summed E-state index contributed by atoms with van der Waals surface area (Å²) in [5, 5.41) is 5.48. The maximum Gasteiger partial charge on any atom is 0.263 e. The average Bonchev–Trinajstić information content (AvgIpc) is 3.16. The molecular formula is C24H22BrN3O2S. The van der Waals surface area contributed by atoms with Gasteiger partial charge < -0.3 is 5.32 Å². The van der Waals surface area contributed by atoms with E-state index in [9.17, 15) is 9.59 Å². The fourth-order valence-electron chi connectivity index (χ4n) is 3.79. The lowest BCUT2D eigenvalue weighted by atomic mass is 10.0. The van der Waals surface area contributed by atoms with Crippen LogP contribution in [0.25, 0.3) is 21.3 Å². The zero-order valence-corrected chi connectivity index (χ0v) is 20.1. The van der Waals surface area contributed by atoms with E-state index in [2.05, 4.69) is 26.2 Å². The van der Waals surface area contributed by atoms with Crippen LogP contribution in [-0.2, 0) is 4.79 Å². The van der Waals surface area contributed by atoms with Crippen LogP contribution in [-0.4, -0.2) is 15.5 Å². The summed E-state index contributed by atoms with van der Waals surface area (Å²) in [6.07, 6.45) is 1.46. The SMILES string of the molecule is Cc1cc(C)c(NC(=O)C(C)n2cnc3scc(-c4ccc(Br)cc4)c3c2=O)c(C)c1. The Morgan fingerprint density at radius 3 is 2.42 bits per heavy atom. The molecule has 0 fully saturated rings. The Morgan fingerprint density at radius 2 is 1.77 bits per heavy atom. The molecule has 0 saturated carbocycles. The van der Waals surface area contributed by atoms with E-state index in [1.807, 2.05) is 62.5 Å². The Labute approximate surface area is 192 Å². The molecule has 1 amide bonds. The van der Waals surface area contributed by atoms with Crippen molar-refractivity contribution in [2.24, 2.45) is 0 Å². The first-order chi connectivity index (χ1) is 14.8. The number of hydrogen-bond donors (Lipinski definition) is 1. The third-order valence-electron chi connectivity index (χ3n) is 5.40. The van der Waals surface area contributed by atoms with Gasteiger partial charge in [0.2, 0.25) is 5.91 Å². The number of aryl methyl sites for hydroxylation is 3. The topological polar surface area (TPSA) is 64.0 Å². The molecule has 5 nitrogen and oxygen atoms in total. The van der Waals surface area contributed by atoms with E-state index in [1.54, 1.807) is 6.92 Å². The quantitative estimate of drug-likeness (QED) is 0.376. The lowest BCUT2D eigenvalue weighted by Gasteiger charge is -2.18. The Hall–Kier alpha value is -2.77. The minimum absolute atomic E-state index is 0.218. The lowest BCUT2D eigenvalue weighted by Crippen LogP contribution is -2.32. The molecule has 0 spiro atoms. The summed E-state index contributed by atoms with van der Waals surface area (Å²) in [6.45, 7) is 7.68. The molecule has 0 aliphatic rings. The third kappa shape index (κ3) is 4.07. The fraction of sp³-hybridized carbons (Fsp3) is 0.208. The van der Waals surface area contributed by atoms with Crippen LogP contribution < -0.4 is 10.9 Å². The second-order valence-corrected chi connectivity index (χ2v) is 9.51. The zero-order chi connectivity index (χ0) is 22.3. The van der Waals surface area contributed by atoms with E-state index in [-0.39, 0.29) is 11.5 Å². The number of thiophene rings is 1. The minimum Gasteiger partial charge on any atom is -0.324 e. The van der Waals surface area contributed by atoms with Gasteiger partial charge in [0.1, 0.15) is 10.9 Å². The van der Waals surface area contributed by atoms with Crippen LogP contribution in [0.15, 0.2) is 57.4 Å². The normalized spacial score (nSPS) is 12.2. The second-order valence-electron chi connectivity index (χ2n) is 7.73. The fourth-order valence-corrected chi connectivity index (χ4v) is 4.97. The molecule has 0 saturated heterocycles. The standard InChI is InChI=1S/C24H22BrN3O2S/c1-13-9-14(2)21(15(3)10-13)27-22(29)16(4)28-12-26-23-20(24(28)30)19(11-31-23)17-5-7-18(25)8-6-17/h5-12,16H,1-4H3,(H,27,29). The van der Waals surface area contributed by atoms with Crippen LogP contribution in [0.3, 0.4) is 0 Å². The maximum absolute atomic E-state index is 13.4. The van der Waals surface area contributed by atoms with Crippen molar-refractivity contribution >= 4 is 49.1 Å². The molecule has 1 unspecified atom stereocenters. The number of fused-ring (bicyclic) bond motifs is 1. The van der Waals surface area contributed by atoms with Crippen LogP contribution in [0.2, 0.25) is 0 Å². The summed E-state index contributed by atoms with van der Waals surface area (Å²) in [5.41, 5.74) is 5.47. The number of rotatable bonds is 4. The lowest BCUT2D eigenvalue weighted by molar-refractivity contribution is -0.118. The molecule has 0 aliphatic heterocycles. The van der Waals surface area contributed by atoms with Gasteiger partial charge in [-0.1, -0.05) is 45.8 Å². The van der Waals surface area contributed by atoms with Gasteiger partial charge in [0.05, 0.1) is 11.7 Å². The van der Waals surface area contributed by atoms with Gasteiger partial charge in [-0.2, -0.15) is 0 Å². The molecule has 158 valence electrons. The van der Waals surface area contributed by atoms with Crippen molar-refractivity contribution in [2.45, 2.75) is 33.7 Å². The van der Waals surface area contributed by atoms with Gasteiger partial charge >= 0.3 is 0 Å². The Balaban J connectivity index is 1.72. The van der Waals surface area contributed by atoms with Crippen molar-refractivity contribution < 1.29 is 4.79 Å². The van der Waals surface area contributed by atoms with E-state index in [0.29, 0.717) is 10.2 Å². The zero-order valence-electron chi connectivity index (χ0n) is 17.7. The second kappa shape index (κ2) is 8.40. The van der Waals surface area contributed by atoms with E-state index >= 15 is 0 Å². The van der Waals surface area contributed by atoms with E-state index in [0.717, 1.165) is 38.0 Å². The molecule has 0 radical (unpaired) electrons. The van der Waals surface area contributed by atoms with Crippen LogP contribution in [0, 0.1) is 20.8 Å². The Bertz CT molecular complexity index is 1330. The van der Waals surface area contributed by atoms with Crippen LogP contribution >= 0.6 is 27.3 Å². The molecule has 31 heavy (non-hydrogen) atoms.